The van der Waals surface area contributed by atoms with Crippen molar-refractivity contribution < 1.29 is 18.0 Å². The van der Waals surface area contributed by atoms with E-state index in [1.807, 2.05) is 0 Å². The molecule has 76 valence electrons. The zero-order valence-electron chi connectivity index (χ0n) is 7.51. The maximum absolute atomic E-state index is 12.1. The zero-order valence-corrected chi connectivity index (χ0v) is 7.51. The van der Waals surface area contributed by atoms with Crippen LogP contribution in [0.4, 0.5) is 13.2 Å². The first-order valence-electron chi connectivity index (χ1n) is 3.74. The number of aromatic nitrogens is 2. The molecule has 1 aromatic rings. The van der Waals surface area contributed by atoms with Gasteiger partial charge in [0.15, 0.2) is 5.78 Å². The molecule has 0 saturated heterocycles. The number of hydrogen-bond donors (Lipinski definition) is 0. The van der Waals surface area contributed by atoms with Crippen molar-refractivity contribution in [2.75, 3.05) is 0 Å². The molecule has 0 aliphatic heterocycles. The van der Waals surface area contributed by atoms with Crippen molar-refractivity contribution in [3.05, 3.63) is 23.3 Å². The van der Waals surface area contributed by atoms with E-state index in [9.17, 15) is 18.0 Å². The fourth-order valence-electron chi connectivity index (χ4n) is 0.949. The van der Waals surface area contributed by atoms with Crippen molar-refractivity contribution in [1.29, 1.82) is 0 Å². The fourth-order valence-corrected chi connectivity index (χ4v) is 0.949. The molecule has 1 heterocycles. The highest BCUT2D eigenvalue weighted by Gasteiger charge is 2.34. The molecule has 0 amide bonds. The molecule has 0 spiro atoms. The number of hydrogen-bond acceptors (Lipinski definition) is 3. The molecule has 0 saturated carbocycles. The van der Waals surface area contributed by atoms with E-state index in [4.69, 9.17) is 0 Å². The quantitative estimate of drug-likeness (QED) is 0.657. The van der Waals surface area contributed by atoms with Crippen molar-refractivity contribution in [2.45, 2.75) is 20.0 Å². The molecule has 0 atom stereocenters. The minimum atomic E-state index is -4.57. The molecule has 6 heteroatoms. The molecule has 0 aromatic carbocycles. The lowest BCUT2D eigenvalue weighted by molar-refractivity contribution is -0.145. The second kappa shape index (κ2) is 3.36. The summed E-state index contributed by atoms with van der Waals surface area (Å²) in [4.78, 5) is 17.1. The number of carbonyl (C=O) groups excluding carboxylic acids is 1. The van der Waals surface area contributed by atoms with Crippen LogP contribution < -0.4 is 0 Å². The Morgan fingerprint density at radius 2 is 2.00 bits per heavy atom. The summed E-state index contributed by atoms with van der Waals surface area (Å²) in [5, 5.41) is 0. The van der Waals surface area contributed by atoms with Crippen LogP contribution in [-0.4, -0.2) is 15.8 Å². The predicted octanol–water partition coefficient (Wildman–Crippen LogP) is 2.01. The van der Waals surface area contributed by atoms with E-state index < -0.39 is 12.0 Å². The Balaban J connectivity index is 3.20. The Hall–Kier alpha value is -1.46. The average molecular weight is 204 g/mol. The first kappa shape index (κ1) is 10.6. The highest BCUT2D eigenvalue weighted by Crippen LogP contribution is 2.26. The Bertz CT molecular complexity index is 373. The topological polar surface area (TPSA) is 42.9 Å². The summed E-state index contributed by atoms with van der Waals surface area (Å²) in [6, 6.07) is 0. The number of alkyl halides is 3. The van der Waals surface area contributed by atoms with Gasteiger partial charge in [0.25, 0.3) is 0 Å². The van der Waals surface area contributed by atoms with Crippen molar-refractivity contribution in [1.82, 2.24) is 9.97 Å². The van der Waals surface area contributed by atoms with Crippen LogP contribution >= 0.6 is 0 Å². The van der Waals surface area contributed by atoms with E-state index in [1.165, 1.54) is 13.8 Å². The zero-order chi connectivity index (χ0) is 10.9. The van der Waals surface area contributed by atoms with E-state index in [-0.39, 0.29) is 17.0 Å². The van der Waals surface area contributed by atoms with Crippen LogP contribution in [0.1, 0.15) is 28.8 Å². The van der Waals surface area contributed by atoms with E-state index in [1.54, 1.807) is 0 Å². The van der Waals surface area contributed by atoms with Gasteiger partial charge >= 0.3 is 6.18 Å². The fraction of sp³-hybridized carbons (Fsp3) is 0.375. The molecular formula is C8H7F3N2O. The first-order valence-corrected chi connectivity index (χ1v) is 3.74. The van der Waals surface area contributed by atoms with Gasteiger partial charge in [-0.3, -0.25) is 4.79 Å². The number of Topliss-reactive ketones (excluding diaryl/α,β-unsaturated/α-hetero) is 1. The van der Waals surface area contributed by atoms with Gasteiger partial charge in [-0.15, -0.1) is 0 Å². The smallest absolute Gasteiger partial charge is 0.294 e. The van der Waals surface area contributed by atoms with E-state index >= 15 is 0 Å². The van der Waals surface area contributed by atoms with E-state index in [0.717, 1.165) is 6.20 Å². The highest BCUT2D eigenvalue weighted by atomic mass is 19.4. The van der Waals surface area contributed by atoms with Crippen LogP contribution in [0.5, 0.6) is 0 Å². The number of aryl methyl sites for hydroxylation is 1. The summed E-state index contributed by atoms with van der Waals surface area (Å²) in [5.74, 6) is -1.57. The minimum absolute atomic E-state index is 0.0415. The predicted molar refractivity (Wildman–Crippen MR) is 41.8 cm³/mol. The standard InChI is InChI=1S/C8H7F3N2O/c1-4-6(5(2)14)3-12-7(13-4)8(9,10)11/h3H,1-2H3. The second-order valence-corrected chi connectivity index (χ2v) is 2.75. The van der Waals surface area contributed by atoms with Crippen LogP contribution in [0.2, 0.25) is 0 Å². The second-order valence-electron chi connectivity index (χ2n) is 2.75. The SMILES string of the molecule is CC(=O)c1cnc(C(F)(F)F)nc1C. The lowest BCUT2D eigenvalue weighted by Gasteiger charge is -2.06. The van der Waals surface area contributed by atoms with Crippen molar-refractivity contribution in [3.8, 4) is 0 Å². The van der Waals surface area contributed by atoms with Gasteiger partial charge in [0.1, 0.15) is 0 Å². The molecule has 14 heavy (non-hydrogen) atoms. The van der Waals surface area contributed by atoms with Gasteiger partial charge in [-0.1, -0.05) is 0 Å². The van der Waals surface area contributed by atoms with E-state index in [2.05, 4.69) is 9.97 Å². The molecule has 0 N–H and O–H groups in total. The molecular weight excluding hydrogens is 197 g/mol. The number of ketones is 1. The van der Waals surface area contributed by atoms with Crippen LogP contribution in [0, 0.1) is 6.92 Å². The minimum Gasteiger partial charge on any atom is -0.294 e. The molecule has 3 nitrogen and oxygen atoms in total. The lowest BCUT2D eigenvalue weighted by atomic mass is 10.2. The molecule has 0 aliphatic carbocycles. The highest BCUT2D eigenvalue weighted by molar-refractivity contribution is 5.94. The Labute approximate surface area is 78.0 Å². The molecule has 1 aromatic heterocycles. The first-order chi connectivity index (χ1) is 6.32. The summed E-state index contributed by atoms with van der Waals surface area (Å²) in [6.45, 7) is 2.59. The van der Waals surface area contributed by atoms with Gasteiger partial charge in [-0.2, -0.15) is 13.2 Å². The van der Waals surface area contributed by atoms with Gasteiger partial charge in [-0.05, 0) is 13.8 Å². The van der Waals surface area contributed by atoms with Gasteiger partial charge in [0, 0.05) is 6.20 Å². The number of rotatable bonds is 1. The van der Waals surface area contributed by atoms with E-state index in [0.29, 0.717) is 0 Å². The number of nitrogens with zero attached hydrogens (tertiary/aromatic N) is 2. The van der Waals surface area contributed by atoms with Crippen LogP contribution in [0.25, 0.3) is 0 Å². The van der Waals surface area contributed by atoms with Gasteiger partial charge in [0.2, 0.25) is 5.82 Å². The maximum atomic E-state index is 12.1. The Kier molecular flexibility index (Phi) is 2.55. The molecule has 0 unspecified atom stereocenters. The molecule has 0 aliphatic rings. The van der Waals surface area contributed by atoms with Crippen molar-refractivity contribution in [3.63, 3.8) is 0 Å². The van der Waals surface area contributed by atoms with Gasteiger partial charge in [-0.25, -0.2) is 9.97 Å². The summed E-state index contributed by atoms with van der Waals surface area (Å²) < 4.78 is 36.3. The molecule has 0 bridgehead atoms. The molecule has 0 fully saturated rings. The Morgan fingerprint density at radius 3 is 2.36 bits per heavy atom. The summed E-state index contributed by atoms with van der Waals surface area (Å²) in [5.41, 5.74) is 0.151. The van der Waals surface area contributed by atoms with Crippen LogP contribution in [0.15, 0.2) is 6.20 Å². The molecule has 1 rings (SSSR count). The van der Waals surface area contributed by atoms with Gasteiger partial charge < -0.3 is 0 Å². The summed E-state index contributed by atoms with van der Waals surface area (Å²) in [7, 11) is 0. The van der Waals surface area contributed by atoms with Crippen LogP contribution in [0.3, 0.4) is 0 Å². The Morgan fingerprint density at radius 1 is 1.43 bits per heavy atom. The molecule has 0 radical (unpaired) electrons. The van der Waals surface area contributed by atoms with Crippen LogP contribution in [-0.2, 0) is 6.18 Å². The third-order valence-corrected chi connectivity index (χ3v) is 1.61. The normalized spacial score (nSPS) is 11.5. The maximum Gasteiger partial charge on any atom is 0.451 e. The summed E-state index contributed by atoms with van der Waals surface area (Å²) >= 11 is 0. The number of halogens is 3. The number of carbonyl (C=O) groups is 1. The van der Waals surface area contributed by atoms with Gasteiger partial charge in [0.05, 0.1) is 11.3 Å². The average Bonchev–Trinajstić information content (AvgIpc) is 2.01. The summed E-state index contributed by atoms with van der Waals surface area (Å²) in [6.07, 6.45) is -3.67. The van der Waals surface area contributed by atoms with Crippen molar-refractivity contribution in [2.24, 2.45) is 0 Å². The lowest BCUT2D eigenvalue weighted by Crippen LogP contribution is -2.13. The largest absolute Gasteiger partial charge is 0.451 e. The monoisotopic (exact) mass is 204 g/mol. The van der Waals surface area contributed by atoms with Crippen molar-refractivity contribution >= 4 is 5.78 Å². The third-order valence-electron chi connectivity index (χ3n) is 1.61. The third kappa shape index (κ3) is 2.07.